The van der Waals surface area contributed by atoms with Crippen molar-refractivity contribution in [3.63, 3.8) is 0 Å². The summed E-state index contributed by atoms with van der Waals surface area (Å²) in [5.74, 6) is -2.98. The third kappa shape index (κ3) is 6.41. The zero-order valence-corrected chi connectivity index (χ0v) is 16.2. The molecule has 2 atom stereocenters. The summed E-state index contributed by atoms with van der Waals surface area (Å²) in [7, 11) is 0. The maximum atomic E-state index is 10.5. The van der Waals surface area contributed by atoms with Gasteiger partial charge in [0.25, 0.3) is 0 Å². The van der Waals surface area contributed by atoms with Crippen LogP contribution in [-0.2, 0) is 20.8 Å². The fourth-order valence-electron chi connectivity index (χ4n) is 1.76. The number of hydrogen-bond acceptors (Lipinski definition) is 6. The number of carbonyl (C=O) groups is 2. The summed E-state index contributed by atoms with van der Waals surface area (Å²) >= 11 is 0. The second-order valence-corrected chi connectivity index (χ2v) is 5.45. The molecule has 0 bridgehead atoms. The molecule has 2 aromatic carbocycles. The molecule has 25 heavy (non-hydrogen) atoms. The summed E-state index contributed by atoms with van der Waals surface area (Å²) in [4.78, 5) is 20.9. The summed E-state index contributed by atoms with van der Waals surface area (Å²) in [6, 6.07) is 16.3. The first-order valence-electron chi connectivity index (χ1n) is 7.09. The largest absolute Gasteiger partial charge is 2.00 e. The molecule has 2 rings (SSSR count). The van der Waals surface area contributed by atoms with Gasteiger partial charge in [-0.15, -0.1) is 0 Å². The van der Waals surface area contributed by atoms with E-state index in [1.807, 2.05) is 0 Å². The third-order valence-corrected chi connectivity index (χ3v) is 3.47. The van der Waals surface area contributed by atoms with E-state index in [0.717, 1.165) is 0 Å². The average Bonchev–Trinajstić information content (AvgIpc) is 2.56. The molecule has 0 spiro atoms. The minimum atomic E-state index is -1.90. The molecule has 6 nitrogen and oxygen atoms in total. The molecule has 2 aromatic rings. The first-order valence-corrected chi connectivity index (χ1v) is 7.09. The SMILES string of the molecule is CC(O)(C(=O)[O-])c1ccccc1.CC(O)(C(=O)[O-])c1ccccc1.[Ca+2]. The average molecular weight is 370 g/mol. The number of carboxylic acids is 2. The van der Waals surface area contributed by atoms with Gasteiger partial charge in [0.1, 0.15) is 11.2 Å². The number of benzene rings is 2. The zero-order valence-electron chi connectivity index (χ0n) is 14.0. The quantitative estimate of drug-likeness (QED) is 0.660. The molecule has 0 aliphatic rings. The molecule has 0 saturated carbocycles. The van der Waals surface area contributed by atoms with Crippen molar-refractivity contribution in [2.45, 2.75) is 25.0 Å². The molecule has 2 unspecified atom stereocenters. The van der Waals surface area contributed by atoms with E-state index in [0.29, 0.717) is 11.1 Å². The normalized spacial score (nSPS) is 14.6. The van der Waals surface area contributed by atoms with Crippen molar-refractivity contribution < 1.29 is 30.0 Å². The molecule has 0 aliphatic carbocycles. The van der Waals surface area contributed by atoms with Crippen LogP contribution in [0.15, 0.2) is 60.7 Å². The van der Waals surface area contributed by atoms with Crippen LogP contribution < -0.4 is 10.2 Å². The molecule has 0 amide bonds. The number of rotatable bonds is 4. The van der Waals surface area contributed by atoms with E-state index in [4.69, 9.17) is 0 Å². The number of hydrogen-bond donors (Lipinski definition) is 2. The summed E-state index contributed by atoms with van der Waals surface area (Å²) in [6.45, 7) is 2.38. The Bertz CT molecular complexity index is 622. The fraction of sp³-hybridized carbons (Fsp3) is 0.222. The topological polar surface area (TPSA) is 121 Å². The van der Waals surface area contributed by atoms with Crippen LogP contribution in [0.25, 0.3) is 0 Å². The molecule has 0 fully saturated rings. The Labute approximate surface area is 175 Å². The summed E-state index contributed by atoms with van der Waals surface area (Å²) < 4.78 is 0. The van der Waals surface area contributed by atoms with Crippen molar-refractivity contribution in [1.29, 1.82) is 0 Å². The standard InChI is InChI=1S/2C9H10O3.Ca/c2*1-9(12,8(10)11)7-5-3-2-4-6-7;/h2*2-6,12H,1H3,(H,10,11);/q;;+2/p-2. The van der Waals surface area contributed by atoms with Crippen molar-refractivity contribution in [3.8, 4) is 0 Å². The first-order chi connectivity index (χ1) is 11.1. The fourth-order valence-corrected chi connectivity index (χ4v) is 1.76. The van der Waals surface area contributed by atoms with Crippen LogP contribution in [0.2, 0.25) is 0 Å². The van der Waals surface area contributed by atoms with Crippen LogP contribution in [-0.4, -0.2) is 59.9 Å². The van der Waals surface area contributed by atoms with Crippen LogP contribution in [0.1, 0.15) is 25.0 Å². The van der Waals surface area contributed by atoms with Crippen LogP contribution in [0, 0.1) is 0 Å². The third-order valence-electron chi connectivity index (χ3n) is 3.47. The molecule has 0 radical (unpaired) electrons. The minimum absolute atomic E-state index is 0. The van der Waals surface area contributed by atoms with E-state index in [-0.39, 0.29) is 37.7 Å². The van der Waals surface area contributed by atoms with E-state index >= 15 is 0 Å². The number of carboxylic acid groups (broad SMARTS) is 2. The first kappa shape index (κ1) is 23.6. The van der Waals surface area contributed by atoms with Gasteiger partial charge in [-0.3, -0.25) is 0 Å². The monoisotopic (exact) mass is 370 g/mol. The summed E-state index contributed by atoms with van der Waals surface area (Å²) in [5, 5.41) is 39.7. The van der Waals surface area contributed by atoms with Gasteiger partial charge in [-0.25, -0.2) is 0 Å². The van der Waals surface area contributed by atoms with E-state index in [1.165, 1.54) is 38.1 Å². The maximum Gasteiger partial charge on any atom is 2.00 e. The molecular formula is C18H18CaO6. The predicted octanol–water partition coefficient (Wildman–Crippen LogP) is -1.09. The zero-order chi connectivity index (χ0) is 18.4. The van der Waals surface area contributed by atoms with Gasteiger partial charge in [-0.1, -0.05) is 60.7 Å². The Balaban J connectivity index is 0.000000443. The summed E-state index contributed by atoms with van der Waals surface area (Å²) in [5.41, 5.74) is -3.15. The van der Waals surface area contributed by atoms with Gasteiger partial charge in [0.15, 0.2) is 0 Å². The molecule has 0 heterocycles. The van der Waals surface area contributed by atoms with Crippen molar-refractivity contribution in [3.05, 3.63) is 71.8 Å². The van der Waals surface area contributed by atoms with Crippen molar-refractivity contribution in [2.24, 2.45) is 0 Å². The molecule has 0 aliphatic heterocycles. The Kier molecular flexibility index (Phi) is 9.32. The predicted molar refractivity (Wildman–Crippen MR) is 87.8 cm³/mol. The Hall–Kier alpha value is -1.44. The molecule has 7 heteroatoms. The van der Waals surface area contributed by atoms with Gasteiger partial charge in [0.05, 0.1) is 11.9 Å². The van der Waals surface area contributed by atoms with Crippen molar-refractivity contribution >= 4 is 49.7 Å². The van der Waals surface area contributed by atoms with Crippen LogP contribution in [0.5, 0.6) is 0 Å². The van der Waals surface area contributed by atoms with Crippen LogP contribution >= 0.6 is 0 Å². The van der Waals surface area contributed by atoms with E-state index in [2.05, 4.69) is 0 Å². The second kappa shape index (κ2) is 9.89. The molecule has 0 saturated heterocycles. The molecule has 0 aromatic heterocycles. The van der Waals surface area contributed by atoms with Gasteiger partial charge in [0, 0.05) is 0 Å². The molecular weight excluding hydrogens is 352 g/mol. The van der Waals surface area contributed by atoms with E-state index in [9.17, 15) is 30.0 Å². The minimum Gasteiger partial charge on any atom is -0.547 e. The number of aliphatic hydroxyl groups is 2. The van der Waals surface area contributed by atoms with Gasteiger partial charge in [-0.2, -0.15) is 0 Å². The summed E-state index contributed by atoms with van der Waals surface area (Å²) in [6.07, 6.45) is 0. The van der Waals surface area contributed by atoms with Gasteiger partial charge in [-0.05, 0) is 25.0 Å². The van der Waals surface area contributed by atoms with E-state index < -0.39 is 23.1 Å². The van der Waals surface area contributed by atoms with Crippen LogP contribution in [0.4, 0.5) is 0 Å². The van der Waals surface area contributed by atoms with Crippen molar-refractivity contribution in [2.75, 3.05) is 0 Å². The molecule has 128 valence electrons. The Morgan fingerprint density at radius 3 is 1.16 bits per heavy atom. The van der Waals surface area contributed by atoms with Gasteiger partial charge in [0.2, 0.25) is 0 Å². The van der Waals surface area contributed by atoms with Crippen LogP contribution in [0.3, 0.4) is 0 Å². The smallest absolute Gasteiger partial charge is 0.547 e. The number of aliphatic carboxylic acids is 2. The maximum absolute atomic E-state index is 10.5. The van der Waals surface area contributed by atoms with E-state index in [1.54, 1.807) is 36.4 Å². The van der Waals surface area contributed by atoms with Gasteiger partial charge < -0.3 is 30.0 Å². The second-order valence-electron chi connectivity index (χ2n) is 5.45. The molecule has 2 N–H and O–H groups in total. The van der Waals surface area contributed by atoms with Crippen molar-refractivity contribution in [1.82, 2.24) is 0 Å². The number of carbonyl (C=O) groups excluding carboxylic acids is 2. The Morgan fingerprint density at radius 1 is 0.720 bits per heavy atom. The van der Waals surface area contributed by atoms with Gasteiger partial charge >= 0.3 is 37.7 Å². The Morgan fingerprint density at radius 2 is 0.960 bits per heavy atom.